The van der Waals surface area contributed by atoms with Gasteiger partial charge in [-0.1, -0.05) is 0 Å². The van der Waals surface area contributed by atoms with Gasteiger partial charge in [0, 0.05) is 0 Å². The molecule has 1 aromatic rings. The number of hydrogen-bond acceptors (Lipinski definition) is 2. The molecule has 0 N–H and O–H groups in total. The topological polar surface area (TPSA) is 39.8 Å². The molecule has 8 aliphatic carbocycles. The Morgan fingerprint density at radius 2 is 1.08 bits per heavy atom. The molecule has 1 aromatic heterocycles. The normalized spacial score (nSPS) is 53.5. The van der Waals surface area contributed by atoms with Crippen LogP contribution in [0.5, 0.6) is 0 Å². The Balaban J connectivity index is 1.31. The molecule has 140 valence electrons. The highest BCUT2D eigenvalue weighted by atomic mass is 16.2. The van der Waals surface area contributed by atoms with E-state index in [1.807, 2.05) is 11.0 Å². The standard InChI is InChI=1S/C22H31N3O/c26-20-24(21-7-14-1-15(8-21)3-16(2-14)9-21)13-23-25(20)22-10-17-4-18(11-22)6-19(5-17)12-22/h13-19H,1-12H2. The highest BCUT2D eigenvalue weighted by Gasteiger charge is 2.55. The summed E-state index contributed by atoms with van der Waals surface area (Å²) in [6.07, 6.45) is 17.9. The van der Waals surface area contributed by atoms with Crippen molar-refractivity contribution < 1.29 is 0 Å². The quantitative estimate of drug-likeness (QED) is 0.809. The van der Waals surface area contributed by atoms with Crippen molar-refractivity contribution in [1.29, 1.82) is 0 Å². The van der Waals surface area contributed by atoms with Crippen LogP contribution in [0.15, 0.2) is 11.1 Å². The van der Waals surface area contributed by atoms with Gasteiger partial charge >= 0.3 is 5.69 Å². The molecule has 0 radical (unpaired) electrons. The molecule has 0 saturated heterocycles. The average Bonchev–Trinajstić information content (AvgIpc) is 2.95. The lowest BCUT2D eigenvalue weighted by Gasteiger charge is -2.57. The third-order valence-electron chi connectivity index (χ3n) is 9.64. The molecule has 0 spiro atoms. The summed E-state index contributed by atoms with van der Waals surface area (Å²) in [5.74, 6) is 5.19. The van der Waals surface area contributed by atoms with Crippen molar-refractivity contribution in [3.8, 4) is 0 Å². The molecule has 4 heteroatoms. The molecule has 9 rings (SSSR count). The van der Waals surface area contributed by atoms with Crippen molar-refractivity contribution in [2.75, 3.05) is 0 Å². The van der Waals surface area contributed by atoms with Crippen molar-refractivity contribution in [2.24, 2.45) is 35.5 Å². The van der Waals surface area contributed by atoms with Crippen LogP contribution in [0.1, 0.15) is 77.0 Å². The smallest absolute Gasteiger partial charge is 0.275 e. The van der Waals surface area contributed by atoms with Gasteiger partial charge in [0.15, 0.2) is 0 Å². The van der Waals surface area contributed by atoms with Crippen LogP contribution in [0.25, 0.3) is 0 Å². The van der Waals surface area contributed by atoms with Crippen LogP contribution in [0, 0.1) is 35.5 Å². The number of hydrogen-bond donors (Lipinski definition) is 0. The first-order chi connectivity index (χ1) is 12.6. The summed E-state index contributed by atoms with van der Waals surface area (Å²) in [6.45, 7) is 0. The van der Waals surface area contributed by atoms with Crippen molar-refractivity contribution in [3.05, 3.63) is 16.8 Å². The third-order valence-corrected chi connectivity index (χ3v) is 9.64. The van der Waals surface area contributed by atoms with Gasteiger partial charge in [-0.3, -0.25) is 4.57 Å². The van der Waals surface area contributed by atoms with Crippen molar-refractivity contribution in [2.45, 2.75) is 88.1 Å². The second-order valence-electron chi connectivity index (χ2n) is 11.5. The van der Waals surface area contributed by atoms with E-state index in [2.05, 4.69) is 4.57 Å². The SMILES string of the molecule is O=c1n(C23CC4CC(CC(C4)C2)C3)cnn1C12CC3CC(CC(C3)C1)C2. The van der Waals surface area contributed by atoms with Gasteiger partial charge in [-0.25, -0.2) is 9.48 Å². The van der Waals surface area contributed by atoms with E-state index in [-0.39, 0.29) is 16.8 Å². The third kappa shape index (κ3) is 1.82. The maximum absolute atomic E-state index is 13.7. The maximum atomic E-state index is 13.7. The summed E-state index contributed by atoms with van der Waals surface area (Å²) in [5, 5.41) is 4.83. The van der Waals surface area contributed by atoms with Crippen LogP contribution < -0.4 is 5.69 Å². The van der Waals surface area contributed by atoms with Crippen LogP contribution in [0.4, 0.5) is 0 Å². The van der Waals surface area contributed by atoms with Gasteiger partial charge in [0.25, 0.3) is 0 Å². The number of aromatic nitrogens is 3. The summed E-state index contributed by atoms with van der Waals surface area (Å²) in [5.41, 5.74) is 0.431. The van der Waals surface area contributed by atoms with Crippen LogP contribution in [0.2, 0.25) is 0 Å². The predicted molar refractivity (Wildman–Crippen MR) is 98.8 cm³/mol. The van der Waals surface area contributed by atoms with Crippen LogP contribution in [-0.4, -0.2) is 14.3 Å². The summed E-state index contributed by atoms with van der Waals surface area (Å²) in [6, 6.07) is 0. The lowest BCUT2D eigenvalue weighted by molar-refractivity contribution is -0.0569. The fourth-order valence-electron chi connectivity index (χ4n) is 9.64. The molecular weight excluding hydrogens is 322 g/mol. The average molecular weight is 354 g/mol. The predicted octanol–water partition coefficient (Wildman–Crippen LogP) is 3.90. The Hall–Kier alpha value is -1.06. The van der Waals surface area contributed by atoms with E-state index < -0.39 is 0 Å². The van der Waals surface area contributed by atoms with E-state index in [9.17, 15) is 4.79 Å². The molecule has 0 atom stereocenters. The fourth-order valence-corrected chi connectivity index (χ4v) is 9.64. The summed E-state index contributed by atoms with van der Waals surface area (Å²) in [7, 11) is 0. The first-order valence-electron chi connectivity index (χ1n) is 11.3. The minimum Gasteiger partial charge on any atom is -0.275 e. The van der Waals surface area contributed by atoms with Gasteiger partial charge in [0.05, 0.1) is 11.1 Å². The molecule has 26 heavy (non-hydrogen) atoms. The molecule has 8 bridgehead atoms. The van der Waals surface area contributed by atoms with Gasteiger partial charge in [-0.05, 0) is 113 Å². The highest BCUT2D eigenvalue weighted by molar-refractivity contribution is 5.08. The van der Waals surface area contributed by atoms with E-state index in [0.29, 0.717) is 0 Å². The zero-order chi connectivity index (χ0) is 17.1. The largest absolute Gasteiger partial charge is 0.346 e. The van der Waals surface area contributed by atoms with Gasteiger partial charge in [0.1, 0.15) is 6.33 Å². The molecule has 4 nitrogen and oxygen atoms in total. The Labute approximate surface area is 155 Å². The van der Waals surface area contributed by atoms with Gasteiger partial charge < -0.3 is 0 Å². The minimum absolute atomic E-state index is 0.0688. The monoisotopic (exact) mass is 353 g/mol. The molecule has 0 aromatic carbocycles. The van der Waals surface area contributed by atoms with Crippen molar-refractivity contribution >= 4 is 0 Å². The molecule has 8 fully saturated rings. The summed E-state index contributed by atoms with van der Waals surface area (Å²) in [4.78, 5) is 13.7. The zero-order valence-corrected chi connectivity index (χ0v) is 15.8. The lowest BCUT2D eigenvalue weighted by atomic mass is 9.53. The Morgan fingerprint density at radius 3 is 1.50 bits per heavy atom. The lowest BCUT2D eigenvalue weighted by Crippen LogP contribution is -2.58. The van der Waals surface area contributed by atoms with Gasteiger partial charge in [0.2, 0.25) is 0 Å². The molecule has 0 unspecified atom stereocenters. The Bertz CT molecular complexity index is 683. The molecule has 0 amide bonds. The van der Waals surface area contributed by atoms with Crippen molar-refractivity contribution in [3.63, 3.8) is 0 Å². The molecule has 8 aliphatic rings. The van der Waals surface area contributed by atoms with E-state index in [4.69, 9.17) is 5.10 Å². The van der Waals surface area contributed by atoms with Crippen LogP contribution in [-0.2, 0) is 11.1 Å². The maximum Gasteiger partial charge on any atom is 0.346 e. The zero-order valence-electron chi connectivity index (χ0n) is 15.8. The van der Waals surface area contributed by atoms with Crippen molar-refractivity contribution in [1.82, 2.24) is 14.3 Å². The Kier molecular flexibility index (Phi) is 2.68. The second kappa shape index (κ2) is 4.67. The fraction of sp³-hybridized carbons (Fsp3) is 0.909. The summed E-state index contributed by atoms with van der Waals surface area (Å²) < 4.78 is 4.16. The molecule has 8 saturated carbocycles. The molecule has 1 heterocycles. The first-order valence-corrected chi connectivity index (χ1v) is 11.3. The Morgan fingerprint density at radius 1 is 0.692 bits per heavy atom. The molecule has 0 aliphatic heterocycles. The van der Waals surface area contributed by atoms with E-state index in [1.165, 1.54) is 77.0 Å². The van der Waals surface area contributed by atoms with Crippen LogP contribution in [0.3, 0.4) is 0 Å². The number of nitrogens with zero attached hydrogens (tertiary/aromatic N) is 3. The van der Waals surface area contributed by atoms with E-state index in [0.717, 1.165) is 35.5 Å². The number of rotatable bonds is 2. The summed E-state index contributed by atoms with van der Waals surface area (Å²) >= 11 is 0. The minimum atomic E-state index is 0.0688. The molecular formula is C22H31N3O. The highest BCUT2D eigenvalue weighted by Crippen LogP contribution is 2.60. The van der Waals surface area contributed by atoms with E-state index >= 15 is 0 Å². The first kappa shape index (κ1) is 14.9. The van der Waals surface area contributed by atoms with E-state index in [1.54, 1.807) is 0 Å². The van der Waals surface area contributed by atoms with Gasteiger partial charge in [-0.2, -0.15) is 5.10 Å². The van der Waals surface area contributed by atoms with Crippen LogP contribution >= 0.6 is 0 Å². The van der Waals surface area contributed by atoms with Gasteiger partial charge in [-0.15, -0.1) is 0 Å². The second-order valence-corrected chi connectivity index (χ2v) is 11.5.